The van der Waals surface area contributed by atoms with E-state index in [-0.39, 0.29) is 0 Å². The van der Waals surface area contributed by atoms with E-state index in [0.29, 0.717) is 0 Å². The van der Waals surface area contributed by atoms with E-state index in [0.717, 1.165) is 50.8 Å². The molecule has 0 atom stereocenters. The predicted octanol–water partition coefficient (Wildman–Crippen LogP) is 1.82. The van der Waals surface area contributed by atoms with Crippen LogP contribution < -0.4 is 15.4 Å². The maximum atomic E-state index is 9.87. The van der Waals surface area contributed by atoms with Gasteiger partial charge in [-0.2, -0.15) is 0 Å². The highest BCUT2D eigenvalue weighted by atomic mass is 16.5. The van der Waals surface area contributed by atoms with Gasteiger partial charge in [-0.1, -0.05) is 6.07 Å². The average molecular weight is 319 g/mol. The summed E-state index contributed by atoms with van der Waals surface area (Å²) >= 11 is 0. The first-order chi connectivity index (χ1) is 11.2. The summed E-state index contributed by atoms with van der Waals surface area (Å²) in [5.41, 5.74) is 4.10. The van der Waals surface area contributed by atoms with Crippen LogP contribution in [0.1, 0.15) is 36.0 Å². The number of rotatable bonds is 7. The van der Waals surface area contributed by atoms with Crippen molar-refractivity contribution in [3.63, 3.8) is 0 Å². The van der Waals surface area contributed by atoms with E-state index < -0.39 is 0 Å². The summed E-state index contributed by atoms with van der Waals surface area (Å²) < 4.78 is 5.24. The third-order valence-corrected chi connectivity index (χ3v) is 4.57. The third-order valence-electron chi connectivity index (χ3n) is 4.57. The molecule has 0 bridgehead atoms. The topological polar surface area (TPSA) is 53.6 Å². The molecule has 0 spiro atoms. The number of benzene rings is 1. The van der Waals surface area contributed by atoms with Crippen molar-refractivity contribution in [2.75, 3.05) is 27.2 Å². The van der Waals surface area contributed by atoms with Gasteiger partial charge in [0, 0.05) is 25.7 Å². The van der Waals surface area contributed by atoms with Crippen LogP contribution in [0.25, 0.3) is 0 Å². The number of hydrogen-bond acceptors (Lipinski definition) is 4. The second-order valence-corrected chi connectivity index (χ2v) is 6.27. The van der Waals surface area contributed by atoms with Gasteiger partial charge in [-0.15, -0.1) is 0 Å². The summed E-state index contributed by atoms with van der Waals surface area (Å²) in [5.74, 6) is 0.998. The molecule has 1 aromatic rings. The van der Waals surface area contributed by atoms with Gasteiger partial charge >= 0.3 is 0 Å². The molecule has 128 valence electrons. The highest BCUT2D eigenvalue weighted by Gasteiger charge is 2.25. The molecule has 1 heterocycles. The second kappa shape index (κ2) is 8.89. The van der Waals surface area contributed by atoms with Crippen molar-refractivity contribution in [3.8, 4) is 5.75 Å². The van der Waals surface area contributed by atoms with E-state index in [4.69, 9.17) is 4.74 Å². The Morgan fingerprint density at radius 3 is 2.83 bits per heavy atom. The fraction of sp³-hybridized carbons (Fsp3) is 0.611. The highest BCUT2D eigenvalue weighted by Crippen LogP contribution is 2.27. The summed E-state index contributed by atoms with van der Waals surface area (Å²) in [6, 6.07) is 5.02. The van der Waals surface area contributed by atoms with Crippen LogP contribution in [0.3, 0.4) is 0 Å². The number of nitrogens with one attached hydrogen (secondary N) is 2. The van der Waals surface area contributed by atoms with Crippen LogP contribution >= 0.6 is 0 Å². The molecule has 2 aliphatic rings. The number of carbonyl (C=O) groups is 1. The molecule has 1 aliphatic carbocycles. The Kier molecular flexibility index (Phi) is 6.86. The Bertz CT molecular complexity index is 515. The lowest BCUT2D eigenvalue weighted by Gasteiger charge is -2.14. The van der Waals surface area contributed by atoms with Gasteiger partial charge in [0.2, 0.25) is 6.41 Å². The van der Waals surface area contributed by atoms with Crippen molar-refractivity contribution in [1.82, 2.24) is 15.5 Å². The van der Waals surface area contributed by atoms with Crippen LogP contribution in [-0.4, -0.2) is 44.6 Å². The predicted molar refractivity (Wildman–Crippen MR) is 92.6 cm³/mol. The van der Waals surface area contributed by atoms with Crippen LogP contribution in [0.15, 0.2) is 12.1 Å². The molecule has 0 radical (unpaired) electrons. The van der Waals surface area contributed by atoms with Crippen LogP contribution in [-0.2, 0) is 17.9 Å². The normalized spacial score (nSPS) is 15.7. The Morgan fingerprint density at radius 1 is 1.39 bits per heavy atom. The van der Waals surface area contributed by atoms with Gasteiger partial charge < -0.3 is 20.3 Å². The number of methoxy groups -OCH3 is 1. The van der Waals surface area contributed by atoms with E-state index in [2.05, 4.69) is 35.6 Å². The Morgan fingerprint density at radius 2 is 2.17 bits per heavy atom. The van der Waals surface area contributed by atoms with E-state index in [1.54, 1.807) is 7.11 Å². The molecule has 2 N–H and O–H groups in total. The second-order valence-electron chi connectivity index (χ2n) is 6.27. The number of fused-ring (bicyclic) bond motifs is 1. The first-order valence-corrected chi connectivity index (χ1v) is 8.40. The molecule has 1 fully saturated rings. The average Bonchev–Trinajstić information content (AvgIpc) is 3.30. The maximum Gasteiger partial charge on any atom is 0.207 e. The van der Waals surface area contributed by atoms with Crippen LogP contribution in [0.5, 0.6) is 5.75 Å². The van der Waals surface area contributed by atoms with Gasteiger partial charge in [-0.25, -0.2) is 0 Å². The Labute approximate surface area is 139 Å². The number of hydrogen-bond donors (Lipinski definition) is 2. The number of carbonyl (C=O) groups excluding carboxylic acids is 1. The number of amides is 1. The lowest BCUT2D eigenvalue weighted by Crippen LogP contribution is -2.25. The SMILES string of the molecule is CN(CCCNC=O)C1CC1.COc1ccc2c(c1C)CNC2. The van der Waals surface area contributed by atoms with Gasteiger partial charge in [0.05, 0.1) is 7.11 Å². The van der Waals surface area contributed by atoms with Crippen molar-refractivity contribution in [3.05, 3.63) is 28.8 Å². The quantitative estimate of drug-likeness (QED) is 0.595. The molecule has 23 heavy (non-hydrogen) atoms. The molecule has 0 saturated heterocycles. The lowest BCUT2D eigenvalue weighted by atomic mass is 10.0. The molecule has 5 heteroatoms. The summed E-state index contributed by atoms with van der Waals surface area (Å²) in [6.45, 7) is 6.01. The molecule has 3 rings (SSSR count). The number of ether oxygens (including phenoxy) is 1. The van der Waals surface area contributed by atoms with Crippen molar-refractivity contribution < 1.29 is 9.53 Å². The zero-order valence-corrected chi connectivity index (χ0v) is 14.5. The zero-order chi connectivity index (χ0) is 16.7. The van der Waals surface area contributed by atoms with Gasteiger partial charge in [0.1, 0.15) is 5.75 Å². The smallest absolute Gasteiger partial charge is 0.207 e. The first kappa shape index (κ1) is 17.8. The summed E-state index contributed by atoms with van der Waals surface area (Å²) in [5, 5.41) is 5.98. The third kappa shape index (κ3) is 5.22. The van der Waals surface area contributed by atoms with Crippen molar-refractivity contribution in [2.24, 2.45) is 0 Å². The zero-order valence-electron chi connectivity index (χ0n) is 14.5. The van der Waals surface area contributed by atoms with Crippen LogP contribution in [0.2, 0.25) is 0 Å². The van der Waals surface area contributed by atoms with E-state index in [9.17, 15) is 4.79 Å². The lowest BCUT2D eigenvalue weighted by molar-refractivity contribution is -0.109. The fourth-order valence-corrected chi connectivity index (χ4v) is 2.93. The summed E-state index contributed by atoms with van der Waals surface area (Å²) in [4.78, 5) is 12.2. The molecule has 5 nitrogen and oxygen atoms in total. The van der Waals surface area contributed by atoms with Gasteiger partial charge in [-0.3, -0.25) is 4.79 Å². The first-order valence-electron chi connectivity index (χ1n) is 8.40. The molecule has 1 aromatic carbocycles. The standard InChI is InChI=1S/C10H13NO.C8H16N2O/c1-7-9-6-11-5-8(9)3-4-10(7)12-2;1-10(8-3-4-8)6-2-5-9-7-11/h3-4,11H,5-6H2,1-2H3;7-8H,2-6H2,1H3,(H,9,11). The molecular formula is C18H29N3O2. The minimum atomic E-state index is 0.761. The molecule has 1 amide bonds. The molecule has 1 aliphatic heterocycles. The fourth-order valence-electron chi connectivity index (χ4n) is 2.93. The Hall–Kier alpha value is -1.59. The minimum absolute atomic E-state index is 0.761. The molecule has 0 aromatic heterocycles. The van der Waals surface area contributed by atoms with Crippen LogP contribution in [0, 0.1) is 6.92 Å². The van der Waals surface area contributed by atoms with Crippen molar-refractivity contribution in [1.29, 1.82) is 0 Å². The van der Waals surface area contributed by atoms with Crippen molar-refractivity contribution >= 4 is 6.41 Å². The van der Waals surface area contributed by atoms with E-state index in [1.807, 2.05) is 6.07 Å². The largest absolute Gasteiger partial charge is 0.496 e. The Balaban J connectivity index is 0.000000168. The van der Waals surface area contributed by atoms with Crippen molar-refractivity contribution in [2.45, 2.75) is 45.3 Å². The molecular weight excluding hydrogens is 290 g/mol. The van der Waals surface area contributed by atoms with E-state index >= 15 is 0 Å². The van der Waals surface area contributed by atoms with Gasteiger partial charge in [-0.05, 0) is 62.5 Å². The van der Waals surface area contributed by atoms with Gasteiger partial charge in [0.15, 0.2) is 0 Å². The molecule has 1 saturated carbocycles. The maximum absolute atomic E-state index is 9.87. The molecule has 0 unspecified atom stereocenters. The van der Waals surface area contributed by atoms with E-state index in [1.165, 1.54) is 29.5 Å². The summed E-state index contributed by atoms with van der Waals surface area (Å²) in [6.07, 6.45) is 4.54. The van der Waals surface area contributed by atoms with Crippen LogP contribution in [0.4, 0.5) is 0 Å². The monoisotopic (exact) mass is 319 g/mol. The number of nitrogens with zero attached hydrogens (tertiary/aromatic N) is 1. The summed E-state index contributed by atoms with van der Waals surface area (Å²) in [7, 11) is 3.87. The van der Waals surface area contributed by atoms with Gasteiger partial charge in [0.25, 0.3) is 0 Å². The highest BCUT2D eigenvalue weighted by molar-refractivity contribution is 5.46. The minimum Gasteiger partial charge on any atom is -0.496 e.